The highest BCUT2D eigenvalue weighted by Gasteiger charge is 2.45. The van der Waals surface area contributed by atoms with E-state index in [2.05, 4.69) is 107 Å². The number of hydrogen-bond donors (Lipinski definition) is 1. The summed E-state index contributed by atoms with van der Waals surface area (Å²) in [6.45, 7) is 9.52. The number of halogens is 1. The molecular weight excluding hydrogens is 734 g/mol. The van der Waals surface area contributed by atoms with E-state index in [1.54, 1.807) is 0 Å². The molecule has 0 radical (unpaired) electrons. The molecule has 0 aromatic heterocycles. The fourth-order valence-corrected chi connectivity index (χ4v) is 8.95. The standard InChI is InChI=1S/C47H50FN5O5/c1-2-37(33-9-5-3-6-10-33)44(34-11-7-4-8-12-34)35-13-15-36(16-14-35)58-28-27-50-21-19-32(20-22-50)31-51-23-25-52(26-24-51)42-30-39-38(29-40(42)48)46(56)53(47(39)57)41-17-18-43(54)49-45(41)55/h3-16,29-30,32,41H,2,17-28,31H2,1H3,(H,49,54,55). The van der Waals surface area contributed by atoms with Crippen LogP contribution in [-0.2, 0) is 9.59 Å². The largest absolute Gasteiger partial charge is 0.492 e. The minimum absolute atomic E-state index is 0.0309. The van der Waals surface area contributed by atoms with E-state index in [4.69, 9.17) is 4.74 Å². The molecular formula is C47H50FN5O5. The van der Waals surface area contributed by atoms with Crippen molar-refractivity contribution in [2.24, 2.45) is 5.92 Å². The first-order chi connectivity index (χ1) is 28.3. The van der Waals surface area contributed by atoms with Gasteiger partial charge in [-0.05, 0) is 96.8 Å². The second-order valence-electron chi connectivity index (χ2n) is 15.7. The first-order valence-electron chi connectivity index (χ1n) is 20.6. The Labute approximate surface area is 339 Å². The maximum Gasteiger partial charge on any atom is 0.262 e. The van der Waals surface area contributed by atoms with Crippen molar-refractivity contribution < 1.29 is 28.3 Å². The Morgan fingerprint density at radius 2 is 1.34 bits per heavy atom. The maximum atomic E-state index is 15.4. The predicted molar refractivity (Wildman–Crippen MR) is 222 cm³/mol. The van der Waals surface area contributed by atoms with Crippen LogP contribution in [0.15, 0.2) is 97.1 Å². The third-order valence-electron chi connectivity index (χ3n) is 12.1. The van der Waals surface area contributed by atoms with Gasteiger partial charge in [-0.2, -0.15) is 0 Å². The van der Waals surface area contributed by atoms with Gasteiger partial charge >= 0.3 is 0 Å². The molecule has 300 valence electrons. The highest BCUT2D eigenvalue weighted by molar-refractivity contribution is 6.23. The van der Waals surface area contributed by atoms with Crippen LogP contribution in [0, 0.1) is 11.7 Å². The molecule has 1 atom stereocenters. The molecule has 3 saturated heterocycles. The zero-order chi connectivity index (χ0) is 40.2. The summed E-state index contributed by atoms with van der Waals surface area (Å²) >= 11 is 0. The van der Waals surface area contributed by atoms with Gasteiger partial charge in [-0.3, -0.25) is 39.2 Å². The number of hydrogen-bond acceptors (Lipinski definition) is 8. The van der Waals surface area contributed by atoms with Gasteiger partial charge in [0.1, 0.15) is 24.2 Å². The number of piperazine rings is 1. The second-order valence-corrected chi connectivity index (χ2v) is 15.7. The molecule has 1 N–H and O–H groups in total. The van der Waals surface area contributed by atoms with Crippen LogP contribution in [0.4, 0.5) is 10.1 Å². The van der Waals surface area contributed by atoms with Gasteiger partial charge in [0.05, 0.1) is 16.8 Å². The molecule has 3 fully saturated rings. The normalized spacial score (nSPS) is 19.9. The molecule has 1 unspecified atom stereocenters. The van der Waals surface area contributed by atoms with E-state index in [9.17, 15) is 19.2 Å². The number of ether oxygens (including phenoxy) is 1. The first-order valence-corrected chi connectivity index (χ1v) is 20.6. The SMILES string of the molecule is CCC(=C(c1ccccc1)c1ccc(OCCN2CCC(CN3CCN(c4cc5c(cc4F)C(=O)N(C4CCC(=O)NC4=O)C5=O)CC3)CC2)cc1)c1ccccc1. The topological polar surface area (TPSA) is 102 Å². The quantitative estimate of drug-likeness (QED) is 0.128. The Morgan fingerprint density at radius 1 is 0.724 bits per heavy atom. The van der Waals surface area contributed by atoms with Crippen LogP contribution in [0.1, 0.15) is 76.4 Å². The van der Waals surface area contributed by atoms with Gasteiger partial charge in [0.2, 0.25) is 11.8 Å². The zero-order valence-corrected chi connectivity index (χ0v) is 33.0. The minimum Gasteiger partial charge on any atom is -0.492 e. The van der Waals surface area contributed by atoms with E-state index in [1.165, 1.54) is 33.9 Å². The minimum atomic E-state index is -1.08. The summed E-state index contributed by atoms with van der Waals surface area (Å²) < 4.78 is 21.7. The predicted octanol–water partition coefficient (Wildman–Crippen LogP) is 6.51. The number of carbonyl (C=O) groups is 4. The van der Waals surface area contributed by atoms with E-state index < -0.39 is 35.5 Å². The van der Waals surface area contributed by atoms with Crippen molar-refractivity contribution in [2.45, 2.75) is 45.1 Å². The van der Waals surface area contributed by atoms with E-state index in [0.29, 0.717) is 31.3 Å². The van der Waals surface area contributed by atoms with E-state index >= 15 is 4.39 Å². The number of carbonyl (C=O) groups excluding carboxylic acids is 4. The number of benzene rings is 4. The van der Waals surface area contributed by atoms with Gasteiger partial charge in [0.25, 0.3) is 11.8 Å². The fourth-order valence-electron chi connectivity index (χ4n) is 8.95. The molecule has 0 spiro atoms. The number of anilines is 1. The summed E-state index contributed by atoms with van der Waals surface area (Å²) in [7, 11) is 0. The fraction of sp³-hybridized carbons (Fsp3) is 0.362. The summed E-state index contributed by atoms with van der Waals surface area (Å²) in [6, 6.07) is 31.2. The molecule has 58 heavy (non-hydrogen) atoms. The molecule has 0 saturated carbocycles. The molecule has 10 nitrogen and oxygen atoms in total. The van der Waals surface area contributed by atoms with Crippen molar-refractivity contribution in [3.8, 4) is 5.75 Å². The molecule has 4 aromatic rings. The lowest BCUT2D eigenvalue weighted by molar-refractivity contribution is -0.136. The Bertz CT molecular complexity index is 2180. The van der Waals surface area contributed by atoms with Crippen LogP contribution >= 0.6 is 0 Å². The summed E-state index contributed by atoms with van der Waals surface area (Å²) in [4.78, 5) is 58.2. The van der Waals surface area contributed by atoms with Gasteiger partial charge in [-0.15, -0.1) is 0 Å². The number of rotatable bonds is 12. The summed E-state index contributed by atoms with van der Waals surface area (Å²) in [5.74, 6) is -1.56. The zero-order valence-electron chi connectivity index (χ0n) is 33.0. The van der Waals surface area contributed by atoms with Gasteiger partial charge in [0, 0.05) is 45.7 Å². The second kappa shape index (κ2) is 17.5. The van der Waals surface area contributed by atoms with Crippen molar-refractivity contribution >= 4 is 40.5 Å². The van der Waals surface area contributed by atoms with Crippen LogP contribution in [0.25, 0.3) is 11.1 Å². The number of likely N-dealkylation sites (tertiary alicyclic amines) is 1. The average molecular weight is 784 g/mol. The molecule has 4 aliphatic heterocycles. The van der Waals surface area contributed by atoms with Gasteiger partial charge in [0.15, 0.2) is 0 Å². The van der Waals surface area contributed by atoms with Crippen LogP contribution in [-0.4, -0.2) is 103 Å². The molecule has 0 bridgehead atoms. The van der Waals surface area contributed by atoms with Crippen LogP contribution in [0.5, 0.6) is 5.75 Å². The Balaban J connectivity index is 0.794. The van der Waals surface area contributed by atoms with Crippen molar-refractivity contribution in [1.29, 1.82) is 0 Å². The van der Waals surface area contributed by atoms with Gasteiger partial charge in [-0.25, -0.2) is 4.39 Å². The lowest BCUT2D eigenvalue weighted by atomic mass is 9.88. The Hall–Kier alpha value is -5.65. The van der Waals surface area contributed by atoms with Crippen molar-refractivity contribution in [3.63, 3.8) is 0 Å². The van der Waals surface area contributed by atoms with E-state index in [-0.39, 0.29) is 24.0 Å². The number of fused-ring (bicyclic) bond motifs is 1. The number of nitrogens with one attached hydrogen (secondary N) is 1. The summed E-state index contributed by atoms with van der Waals surface area (Å²) in [5, 5.41) is 2.19. The Kier molecular flexibility index (Phi) is 11.8. The smallest absolute Gasteiger partial charge is 0.262 e. The van der Waals surface area contributed by atoms with Crippen molar-refractivity contribution in [3.05, 3.63) is 131 Å². The highest BCUT2D eigenvalue weighted by Crippen LogP contribution is 2.36. The molecule has 4 heterocycles. The maximum absolute atomic E-state index is 15.4. The number of amides is 4. The summed E-state index contributed by atoms with van der Waals surface area (Å²) in [5.41, 5.74) is 6.52. The highest BCUT2D eigenvalue weighted by atomic mass is 19.1. The number of piperidine rings is 2. The average Bonchev–Trinajstić information content (AvgIpc) is 3.48. The van der Waals surface area contributed by atoms with Crippen LogP contribution in [0.3, 0.4) is 0 Å². The summed E-state index contributed by atoms with van der Waals surface area (Å²) in [6.07, 6.45) is 3.24. The first kappa shape index (κ1) is 39.2. The lowest BCUT2D eigenvalue weighted by Crippen LogP contribution is -2.54. The van der Waals surface area contributed by atoms with Crippen molar-refractivity contribution in [2.75, 3.05) is 63.9 Å². The number of imide groups is 2. The number of nitrogens with zero attached hydrogens (tertiary/aromatic N) is 4. The van der Waals surface area contributed by atoms with Gasteiger partial charge < -0.3 is 9.64 Å². The number of allylic oxidation sites excluding steroid dienone is 1. The lowest BCUT2D eigenvalue weighted by Gasteiger charge is -2.39. The molecule has 4 amide bonds. The third-order valence-corrected chi connectivity index (χ3v) is 12.1. The molecule has 4 aromatic carbocycles. The van der Waals surface area contributed by atoms with Crippen LogP contribution in [0.2, 0.25) is 0 Å². The Morgan fingerprint density at radius 3 is 1.98 bits per heavy atom. The molecule has 11 heteroatoms. The van der Waals surface area contributed by atoms with E-state index in [1.807, 2.05) is 4.90 Å². The monoisotopic (exact) mass is 783 g/mol. The van der Waals surface area contributed by atoms with Gasteiger partial charge in [-0.1, -0.05) is 79.7 Å². The van der Waals surface area contributed by atoms with Crippen LogP contribution < -0.4 is 15.0 Å². The molecule has 4 aliphatic rings. The third kappa shape index (κ3) is 8.33. The van der Waals surface area contributed by atoms with Crippen molar-refractivity contribution in [1.82, 2.24) is 20.0 Å². The molecule has 0 aliphatic carbocycles. The van der Waals surface area contributed by atoms with E-state index in [0.717, 1.165) is 75.2 Å². The molecule has 8 rings (SSSR count).